The first-order chi connectivity index (χ1) is 10.6. The molecular weight excluding hydrogens is 284 g/mol. The Kier molecular flexibility index (Phi) is 5.87. The molecule has 2 heteroatoms. The summed E-state index contributed by atoms with van der Waals surface area (Å²) in [6, 6.07) is 8.17. The van der Waals surface area contributed by atoms with Crippen molar-refractivity contribution in [2.24, 2.45) is 0 Å². The molecule has 23 heavy (non-hydrogen) atoms. The van der Waals surface area contributed by atoms with Gasteiger partial charge in [-0.25, -0.2) is 0 Å². The van der Waals surface area contributed by atoms with E-state index in [1.807, 2.05) is 65.8 Å². The van der Waals surface area contributed by atoms with Gasteiger partial charge in [0.05, 0.1) is 0 Å². The average molecular weight is 314 g/mol. The molecule has 0 radical (unpaired) electrons. The molecule has 126 valence electrons. The molecule has 2 aromatic carbocycles. The van der Waals surface area contributed by atoms with Crippen LogP contribution in [-0.4, -0.2) is 10.2 Å². The van der Waals surface area contributed by atoms with E-state index in [1.54, 1.807) is 0 Å². The zero-order chi connectivity index (χ0) is 17.9. The Hall–Kier alpha value is -1.96. The van der Waals surface area contributed by atoms with Crippen molar-refractivity contribution in [3.05, 3.63) is 57.6 Å². The summed E-state index contributed by atoms with van der Waals surface area (Å²) in [7, 11) is 0. The van der Waals surface area contributed by atoms with E-state index in [4.69, 9.17) is 0 Å². The van der Waals surface area contributed by atoms with Crippen LogP contribution in [0, 0.1) is 27.7 Å². The summed E-state index contributed by atoms with van der Waals surface area (Å²) in [6.45, 7) is 16.0. The standard InChI is InChI=1S/C19H24O2.C2H6/c1-11-7-15(8-12(2)17(11)20)19(5,6)16-9-13(3)18(21)14(4)10-16;1-2/h7-10,20-21H,1-6H3;1-2H3. The fourth-order valence-corrected chi connectivity index (χ4v) is 2.80. The van der Waals surface area contributed by atoms with E-state index in [1.165, 1.54) is 11.1 Å². The van der Waals surface area contributed by atoms with Crippen molar-refractivity contribution in [2.45, 2.75) is 60.8 Å². The van der Waals surface area contributed by atoms with Crippen LogP contribution in [0.1, 0.15) is 61.1 Å². The van der Waals surface area contributed by atoms with E-state index in [9.17, 15) is 10.2 Å². The molecular formula is C21H30O2. The fourth-order valence-electron chi connectivity index (χ4n) is 2.80. The first-order valence-electron chi connectivity index (χ1n) is 8.26. The molecule has 0 saturated heterocycles. The van der Waals surface area contributed by atoms with E-state index in [-0.39, 0.29) is 5.41 Å². The lowest BCUT2D eigenvalue weighted by atomic mass is 9.76. The van der Waals surface area contributed by atoms with Gasteiger partial charge in [-0.1, -0.05) is 52.0 Å². The van der Waals surface area contributed by atoms with Gasteiger partial charge in [0.2, 0.25) is 0 Å². The molecule has 0 aliphatic carbocycles. The number of aromatic hydroxyl groups is 2. The molecule has 0 bridgehead atoms. The normalized spacial score (nSPS) is 11.0. The van der Waals surface area contributed by atoms with Crippen molar-refractivity contribution < 1.29 is 10.2 Å². The number of phenols is 2. The Labute approximate surface area is 140 Å². The van der Waals surface area contributed by atoms with Crippen molar-refractivity contribution in [3.8, 4) is 11.5 Å². The maximum Gasteiger partial charge on any atom is 0.121 e. The monoisotopic (exact) mass is 314 g/mol. The second-order valence-electron chi connectivity index (χ2n) is 6.54. The highest BCUT2D eigenvalue weighted by atomic mass is 16.3. The molecule has 2 nitrogen and oxygen atoms in total. The van der Waals surface area contributed by atoms with Gasteiger partial charge in [0.1, 0.15) is 11.5 Å². The molecule has 0 fully saturated rings. The van der Waals surface area contributed by atoms with Gasteiger partial charge in [-0.2, -0.15) is 0 Å². The highest BCUT2D eigenvalue weighted by molar-refractivity contribution is 5.51. The molecule has 0 aromatic heterocycles. The van der Waals surface area contributed by atoms with Crippen LogP contribution >= 0.6 is 0 Å². The first-order valence-corrected chi connectivity index (χ1v) is 8.26. The van der Waals surface area contributed by atoms with Crippen LogP contribution in [0.3, 0.4) is 0 Å². The molecule has 2 rings (SSSR count). The van der Waals surface area contributed by atoms with Crippen LogP contribution in [0.5, 0.6) is 11.5 Å². The highest BCUT2D eigenvalue weighted by Gasteiger charge is 2.25. The number of phenolic OH excluding ortho intramolecular Hbond substituents is 2. The van der Waals surface area contributed by atoms with Crippen LogP contribution in [0.25, 0.3) is 0 Å². The Balaban J connectivity index is 0.00000127. The summed E-state index contributed by atoms with van der Waals surface area (Å²) in [6.07, 6.45) is 0. The molecule has 2 N–H and O–H groups in total. The number of rotatable bonds is 2. The second kappa shape index (κ2) is 7.08. The Morgan fingerprint density at radius 2 is 0.826 bits per heavy atom. The van der Waals surface area contributed by atoms with Crippen LogP contribution in [-0.2, 0) is 5.41 Å². The first kappa shape index (κ1) is 19.1. The van der Waals surface area contributed by atoms with Gasteiger partial charge in [0.25, 0.3) is 0 Å². The molecule has 2 aromatic rings. The number of hydrogen-bond donors (Lipinski definition) is 2. The zero-order valence-corrected chi connectivity index (χ0v) is 15.7. The summed E-state index contributed by atoms with van der Waals surface area (Å²) >= 11 is 0. The van der Waals surface area contributed by atoms with E-state index < -0.39 is 0 Å². The summed E-state index contributed by atoms with van der Waals surface area (Å²) in [5, 5.41) is 19.9. The fraction of sp³-hybridized carbons (Fsp3) is 0.429. The van der Waals surface area contributed by atoms with Gasteiger partial charge < -0.3 is 10.2 Å². The molecule has 0 aliphatic heterocycles. The van der Waals surface area contributed by atoms with Gasteiger partial charge in [0, 0.05) is 5.41 Å². The van der Waals surface area contributed by atoms with Crippen molar-refractivity contribution in [1.82, 2.24) is 0 Å². The van der Waals surface area contributed by atoms with Gasteiger partial charge in [-0.15, -0.1) is 0 Å². The Morgan fingerprint density at radius 3 is 1.04 bits per heavy atom. The van der Waals surface area contributed by atoms with E-state index in [0.29, 0.717) is 11.5 Å². The molecule has 0 spiro atoms. The Morgan fingerprint density at radius 1 is 0.609 bits per heavy atom. The topological polar surface area (TPSA) is 40.5 Å². The third kappa shape index (κ3) is 3.69. The van der Waals surface area contributed by atoms with E-state index in [0.717, 1.165) is 22.3 Å². The maximum absolute atomic E-state index is 9.96. The van der Waals surface area contributed by atoms with E-state index >= 15 is 0 Å². The largest absolute Gasteiger partial charge is 0.507 e. The molecule has 0 atom stereocenters. The predicted octanol–water partition coefficient (Wildman–Crippen LogP) is 5.68. The van der Waals surface area contributed by atoms with Crippen molar-refractivity contribution in [2.75, 3.05) is 0 Å². The summed E-state index contributed by atoms with van der Waals surface area (Å²) in [4.78, 5) is 0. The number of benzene rings is 2. The summed E-state index contributed by atoms with van der Waals surface area (Å²) in [5.74, 6) is 0.736. The zero-order valence-electron chi connectivity index (χ0n) is 15.7. The second-order valence-corrected chi connectivity index (χ2v) is 6.54. The third-order valence-corrected chi connectivity index (χ3v) is 4.43. The van der Waals surface area contributed by atoms with Crippen LogP contribution in [0.4, 0.5) is 0 Å². The van der Waals surface area contributed by atoms with Crippen LogP contribution in [0.15, 0.2) is 24.3 Å². The minimum absolute atomic E-state index is 0.188. The van der Waals surface area contributed by atoms with Crippen molar-refractivity contribution in [3.63, 3.8) is 0 Å². The van der Waals surface area contributed by atoms with Gasteiger partial charge in [0.15, 0.2) is 0 Å². The molecule has 0 aliphatic rings. The Bertz CT molecular complexity index is 591. The van der Waals surface area contributed by atoms with E-state index in [2.05, 4.69) is 13.8 Å². The average Bonchev–Trinajstić information content (AvgIpc) is 2.51. The van der Waals surface area contributed by atoms with Gasteiger partial charge >= 0.3 is 0 Å². The molecule has 0 heterocycles. The minimum Gasteiger partial charge on any atom is -0.507 e. The summed E-state index contributed by atoms with van der Waals surface area (Å²) < 4.78 is 0. The van der Waals surface area contributed by atoms with Crippen LogP contribution in [0.2, 0.25) is 0 Å². The number of hydrogen-bond acceptors (Lipinski definition) is 2. The molecule has 0 saturated carbocycles. The minimum atomic E-state index is -0.188. The highest BCUT2D eigenvalue weighted by Crippen LogP contribution is 2.37. The number of aryl methyl sites for hydroxylation is 4. The maximum atomic E-state index is 9.96. The quantitative estimate of drug-likeness (QED) is 0.748. The predicted molar refractivity (Wildman–Crippen MR) is 98.6 cm³/mol. The van der Waals surface area contributed by atoms with Crippen molar-refractivity contribution in [1.29, 1.82) is 0 Å². The molecule has 0 amide bonds. The third-order valence-electron chi connectivity index (χ3n) is 4.43. The van der Waals surface area contributed by atoms with Gasteiger partial charge in [-0.3, -0.25) is 0 Å². The van der Waals surface area contributed by atoms with Crippen molar-refractivity contribution >= 4 is 0 Å². The van der Waals surface area contributed by atoms with Crippen LogP contribution < -0.4 is 0 Å². The lowest BCUT2D eigenvalue weighted by molar-refractivity contribution is 0.465. The molecule has 0 unspecified atom stereocenters. The lowest BCUT2D eigenvalue weighted by Crippen LogP contribution is -2.19. The SMILES string of the molecule is CC.Cc1cc(C(C)(C)c2cc(C)c(O)c(C)c2)cc(C)c1O. The smallest absolute Gasteiger partial charge is 0.121 e. The van der Waals surface area contributed by atoms with Gasteiger partial charge in [-0.05, 0) is 61.1 Å². The lowest BCUT2D eigenvalue weighted by Gasteiger charge is -2.28. The summed E-state index contributed by atoms with van der Waals surface area (Å²) in [5.41, 5.74) is 5.72.